The van der Waals surface area contributed by atoms with Crippen molar-refractivity contribution in [1.29, 1.82) is 0 Å². The topological polar surface area (TPSA) is 12.0 Å². The Morgan fingerprint density at radius 3 is 3.00 bits per heavy atom. The highest BCUT2D eigenvalue weighted by Gasteiger charge is 2.15. The van der Waals surface area contributed by atoms with Crippen LogP contribution in [0.25, 0.3) is 0 Å². The van der Waals surface area contributed by atoms with Gasteiger partial charge in [-0.3, -0.25) is 0 Å². The van der Waals surface area contributed by atoms with Crippen LogP contribution < -0.4 is 5.32 Å². The summed E-state index contributed by atoms with van der Waals surface area (Å²) in [6, 6.07) is 4.26. The van der Waals surface area contributed by atoms with Gasteiger partial charge >= 0.3 is 0 Å². The summed E-state index contributed by atoms with van der Waals surface area (Å²) in [5.41, 5.74) is 4.48. The van der Waals surface area contributed by atoms with E-state index < -0.39 is 0 Å². The summed E-state index contributed by atoms with van der Waals surface area (Å²) in [5.74, 6) is 0. The molecule has 0 bridgehead atoms. The number of hydrogen-bond donors (Lipinski definition) is 1. The van der Waals surface area contributed by atoms with Gasteiger partial charge in [0.15, 0.2) is 0 Å². The zero-order valence-corrected chi connectivity index (χ0v) is 9.32. The van der Waals surface area contributed by atoms with Gasteiger partial charge < -0.3 is 5.32 Å². The molecule has 1 aliphatic carbocycles. The number of fused-ring (bicyclic) bond motifs is 1. The summed E-state index contributed by atoms with van der Waals surface area (Å²) in [6.45, 7) is 1.03. The number of benzene rings is 1. The van der Waals surface area contributed by atoms with Crippen molar-refractivity contribution >= 4 is 11.6 Å². The molecule has 0 radical (unpaired) electrons. The number of aryl methyl sites for hydroxylation is 1. The van der Waals surface area contributed by atoms with Crippen molar-refractivity contribution in [2.75, 3.05) is 13.6 Å². The van der Waals surface area contributed by atoms with Crippen LogP contribution in [0.15, 0.2) is 12.1 Å². The Morgan fingerprint density at radius 1 is 1.36 bits per heavy atom. The standard InChI is InChI=1S/C12H16ClN/c1-14-6-5-10-8-11(13)7-9-3-2-4-12(9)10/h7-8,14H,2-6H2,1H3. The van der Waals surface area contributed by atoms with Gasteiger partial charge in [-0.05, 0) is 68.1 Å². The average Bonchev–Trinajstić information content (AvgIpc) is 2.61. The molecule has 1 N–H and O–H groups in total. The molecular weight excluding hydrogens is 194 g/mol. The fraction of sp³-hybridized carbons (Fsp3) is 0.500. The minimum absolute atomic E-state index is 0.900. The molecule has 2 heteroatoms. The second-order valence-corrected chi connectivity index (χ2v) is 4.35. The van der Waals surface area contributed by atoms with Crippen LogP contribution in [-0.4, -0.2) is 13.6 Å². The predicted octanol–water partition coefficient (Wildman–Crippen LogP) is 2.59. The Hall–Kier alpha value is -0.530. The number of nitrogens with one attached hydrogen (secondary N) is 1. The van der Waals surface area contributed by atoms with Crippen molar-refractivity contribution in [2.24, 2.45) is 0 Å². The fourth-order valence-corrected chi connectivity index (χ4v) is 2.50. The van der Waals surface area contributed by atoms with Gasteiger partial charge in [0.25, 0.3) is 0 Å². The molecule has 2 rings (SSSR count). The fourth-order valence-electron chi connectivity index (χ4n) is 2.24. The summed E-state index contributed by atoms with van der Waals surface area (Å²) >= 11 is 6.09. The number of likely N-dealkylation sites (N-methyl/N-ethyl adjacent to an activating group) is 1. The van der Waals surface area contributed by atoms with Gasteiger partial charge in [-0.25, -0.2) is 0 Å². The van der Waals surface area contributed by atoms with Crippen molar-refractivity contribution in [2.45, 2.75) is 25.7 Å². The van der Waals surface area contributed by atoms with E-state index >= 15 is 0 Å². The van der Waals surface area contributed by atoms with Crippen molar-refractivity contribution in [3.05, 3.63) is 33.8 Å². The molecule has 0 heterocycles. The van der Waals surface area contributed by atoms with Gasteiger partial charge in [-0.2, -0.15) is 0 Å². The maximum Gasteiger partial charge on any atom is 0.0411 e. The van der Waals surface area contributed by atoms with Gasteiger partial charge in [0.2, 0.25) is 0 Å². The third-order valence-corrected chi connectivity index (χ3v) is 3.13. The maximum absolute atomic E-state index is 6.09. The molecule has 0 saturated heterocycles. The zero-order valence-electron chi connectivity index (χ0n) is 8.57. The Balaban J connectivity index is 2.29. The molecule has 76 valence electrons. The average molecular weight is 210 g/mol. The quantitative estimate of drug-likeness (QED) is 0.807. The monoisotopic (exact) mass is 209 g/mol. The normalized spacial score (nSPS) is 14.4. The zero-order chi connectivity index (χ0) is 9.97. The first kappa shape index (κ1) is 10.0. The Kier molecular flexibility index (Phi) is 3.09. The molecule has 0 atom stereocenters. The Morgan fingerprint density at radius 2 is 2.21 bits per heavy atom. The molecular formula is C12H16ClN. The molecule has 0 aromatic heterocycles. The second kappa shape index (κ2) is 4.33. The van der Waals surface area contributed by atoms with E-state index in [0.29, 0.717) is 0 Å². The van der Waals surface area contributed by atoms with E-state index in [1.807, 2.05) is 7.05 Å². The molecule has 0 amide bonds. The lowest BCUT2D eigenvalue weighted by Gasteiger charge is -2.09. The van der Waals surface area contributed by atoms with E-state index in [-0.39, 0.29) is 0 Å². The highest BCUT2D eigenvalue weighted by molar-refractivity contribution is 6.30. The van der Waals surface area contributed by atoms with Crippen molar-refractivity contribution < 1.29 is 0 Å². The molecule has 1 aliphatic rings. The smallest absolute Gasteiger partial charge is 0.0411 e. The first-order valence-corrected chi connectivity index (χ1v) is 5.64. The SMILES string of the molecule is CNCCc1cc(Cl)cc2c1CCC2. The summed E-state index contributed by atoms with van der Waals surface area (Å²) < 4.78 is 0. The van der Waals surface area contributed by atoms with E-state index in [2.05, 4.69) is 17.4 Å². The predicted molar refractivity (Wildman–Crippen MR) is 61.1 cm³/mol. The van der Waals surface area contributed by atoms with Gasteiger partial charge in [0, 0.05) is 5.02 Å². The Bertz CT molecular complexity index is 333. The lowest BCUT2D eigenvalue weighted by atomic mass is 10.0. The van der Waals surface area contributed by atoms with Crippen molar-refractivity contribution in [3.63, 3.8) is 0 Å². The van der Waals surface area contributed by atoms with Crippen LogP contribution in [0.3, 0.4) is 0 Å². The summed E-state index contributed by atoms with van der Waals surface area (Å²) in [4.78, 5) is 0. The van der Waals surface area contributed by atoms with E-state index in [9.17, 15) is 0 Å². The van der Waals surface area contributed by atoms with E-state index in [4.69, 9.17) is 11.6 Å². The lowest BCUT2D eigenvalue weighted by Crippen LogP contribution is -2.11. The molecule has 0 spiro atoms. The van der Waals surface area contributed by atoms with Crippen LogP contribution in [0.5, 0.6) is 0 Å². The number of rotatable bonds is 3. The molecule has 14 heavy (non-hydrogen) atoms. The minimum Gasteiger partial charge on any atom is -0.319 e. The molecule has 0 saturated carbocycles. The van der Waals surface area contributed by atoms with Crippen LogP contribution in [0, 0.1) is 0 Å². The van der Waals surface area contributed by atoms with Crippen LogP contribution in [-0.2, 0) is 19.3 Å². The van der Waals surface area contributed by atoms with Gasteiger partial charge in [-0.15, -0.1) is 0 Å². The van der Waals surface area contributed by atoms with Crippen molar-refractivity contribution in [3.8, 4) is 0 Å². The van der Waals surface area contributed by atoms with E-state index in [1.54, 1.807) is 5.56 Å². The highest BCUT2D eigenvalue weighted by Crippen LogP contribution is 2.29. The van der Waals surface area contributed by atoms with Crippen LogP contribution >= 0.6 is 11.6 Å². The third-order valence-electron chi connectivity index (χ3n) is 2.92. The molecule has 1 nitrogen and oxygen atoms in total. The molecule has 0 unspecified atom stereocenters. The molecule has 0 fully saturated rings. The summed E-state index contributed by atoms with van der Waals surface area (Å²) in [7, 11) is 1.99. The lowest BCUT2D eigenvalue weighted by molar-refractivity contribution is 0.785. The highest BCUT2D eigenvalue weighted by atomic mass is 35.5. The van der Waals surface area contributed by atoms with E-state index in [0.717, 1.165) is 18.0 Å². The van der Waals surface area contributed by atoms with Gasteiger partial charge in [-0.1, -0.05) is 11.6 Å². The molecule has 0 aliphatic heterocycles. The van der Waals surface area contributed by atoms with Crippen LogP contribution in [0.2, 0.25) is 5.02 Å². The number of hydrogen-bond acceptors (Lipinski definition) is 1. The Labute approximate surface area is 90.5 Å². The second-order valence-electron chi connectivity index (χ2n) is 3.91. The van der Waals surface area contributed by atoms with Gasteiger partial charge in [0.1, 0.15) is 0 Å². The first-order chi connectivity index (χ1) is 6.81. The molecule has 1 aromatic rings. The van der Waals surface area contributed by atoms with E-state index in [1.165, 1.54) is 30.4 Å². The minimum atomic E-state index is 0.900. The third kappa shape index (κ3) is 1.94. The van der Waals surface area contributed by atoms with Gasteiger partial charge in [0.05, 0.1) is 0 Å². The molecule has 1 aromatic carbocycles. The van der Waals surface area contributed by atoms with Crippen molar-refractivity contribution in [1.82, 2.24) is 5.32 Å². The first-order valence-electron chi connectivity index (χ1n) is 5.26. The van der Waals surface area contributed by atoms with Crippen LogP contribution in [0.4, 0.5) is 0 Å². The largest absolute Gasteiger partial charge is 0.319 e. The van der Waals surface area contributed by atoms with Crippen LogP contribution in [0.1, 0.15) is 23.1 Å². The summed E-state index contributed by atoms with van der Waals surface area (Å²) in [5, 5.41) is 4.08. The number of halogens is 1. The summed E-state index contributed by atoms with van der Waals surface area (Å²) in [6.07, 6.45) is 4.84. The maximum atomic E-state index is 6.09.